The molecule has 0 amide bonds. The van der Waals surface area contributed by atoms with Crippen molar-refractivity contribution in [2.24, 2.45) is 0 Å². The summed E-state index contributed by atoms with van der Waals surface area (Å²) in [7, 11) is 0. The number of rotatable bonds is 4. The summed E-state index contributed by atoms with van der Waals surface area (Å²) in [5, 5.41) is 12.8. The molecule has 1 aromatic heterocycles. The smallest absolute Gasteiger partial charge is 0.224 e. The Labute approximate surface area is 117 Å². The molecule has 1 aliphatic rings. The number of hydrogen-bond acceptors (Lipinski definition) is 6. The number of ether oxygens (including phenoxy) is 1. The molecule has 0 bridgehead atoms. The van der Waals surface area contributed by atoms with Crippen molar-refractivity contribution in [3.05, 3.63) is 11.2 Å². The number of halogens is 1. The molecule has 2 heterocycles. The second-order valence-electron chi connectivity index (χ2n) is 4.53. The lowest BCUT2D eigenvalue weighted by Gasteiger charge is -2.38. The highest BCUT2D eigenvalue weighted by molar-refractivity contribution is 6.32. The number of anilines is 2. The molecular weight excluding hydrogens is 268 g/mol. The van der Waals surface area contributed by atoms with Gasteiger partial charge in [-0.05, 0) is 13.8 Å². The number of hydrogen-bond donors (Lipinski definition) is 2. The van der Waals surface area contributed by atoms with Gasteiger partial charge in [-0.1, -0.05) is 11.6 Å². The number of aromatic nitrogens is 2. The molecule has 0 aromatic carbocycles. The summed E-state index contributed by atoms with van der Waals surface area (Å²) in [5.41, 5.74) is 0. The highest BCUT2D eigenvalue weighted by atomic mass is 35.5. The number of morpholine rings is 1. The second-order valence-corrected chi connectivity index (χ2v) is 4.94. The molecule has 6 nitrogen and oxygen atoms in total. The van der Waals surface area contributed by atoms with E-state index >= 15 is 0 Å². The molecule has 106 valence electrons. The molecule has 2 N–H and O–H groups in total. The van der Waals surface area contributed by atoms with Gasteiger partial charge in [-0.3, -0.25) is 0 Å². The van der Waals surface area contributed by atoms with Crippen molar-refractivity contribution in [1.29, 1.82) is 0 Å². The third kappa shape index (κ3) is 3.26. The van der Waals surface area contributed by atoms with Crippen LogP contribution in [-0.4, -0.2) is 53.5 Å². The van der Waals surface area contributed by atoms with E-state index in [1.54, 1.807) is 6.20 Å². The summed E-state index contributed by atoms with van der Waals surface area (Å²) in [5.74, 6) is 1.24. The molecule has 7 heteroatoms. The van der Waals surface area contributed by atoms with Crippen LogP contribution < -0.4 is 10.2 Å². The number of nitrogens with one attached hydrogen (secondary N) is 1. The van der Waals surface area contributed by atoms with Gasteiger partial charge in [0.15, 0.2) is 5.82 Å². The van der Waals surface area contributed by atoms with Crippen molar-refractivity contribution >= 4 is 23.4 Å². The molecule has 0 saturated carbocycles. The monoisotopic (exact) mass is 286 g/mol. The van der Waals surface area contributed by atoms with Crippen LogP contribution in [0.2, 0.25) is 5.02 Å². The first-order valence-electron chi connectivity index (χ1n) is 6.41. The zero-order chi connectivity index (χ0) is 13.8. The van der Waals surface area contributed by atoms with E-state index in [1.807, 2.05) is 13.8 Å². The zero-order valence-corrected chi connectivity index (χ0v) is 11.9. The average molecular weight is 287 g/mol. The summed E-state index contributed by atoms with van der Waals surface area (Å²) in [6.07, 6.45) is 1.39. The largest absolute Gasteiger partial charge is 0.394 e. The highest BCUT2D eigenvalue weighted by Crippen LogP contribution is 2.27. The Kier molecular flexibility index (Phi) is 4.79. The van der Waals surface area contributed by atoms with Gasteiger partial charge in [0.05, 0.1) is 31.6 Å². The lowest BCUT2D eigenvalue weighted by atomic mass is 10.2. The van der Waals surface area contributed by atoms with Crippen molar-refractivity contribution in [3.8, 4) is 0 Å². The molecule has 1 saturated heterocycles. The van der Waals surface area contributed by atoms with Gasteiger partial charge in [-0.15, -0.1) is 0 Å². The average Bonchev–Trinajstić information content (AvgIpc) is 2.42. The minimum absolute atomic E-state index is 0.00795. The molecule has 1 fully saturated rings. The summed E-state index contributed by atoms with van der Waals surface area (Å²) >= 11 is 6.19. The van der Waals surface area contributed by atoms with Crippen LogP contribution in [0.15, 0.2) is 6.20 Å². The van der Waals surface area contributed by atoms with Crippen molar-refractivity contribution in [3.63, 3.8) is 0 Å². The molecule has 0 spiro atoms. The van der Waals surface area contributed by atoms with Crippen LogP contribution in [0.3, 0.4) is 0 Å². The lowest BCUT2D eigenvalue weighted by Crippen LogP contribution is -2.50. The van der Waals surface area contributed by atoms with E-state index in [9.17, 15) is 5.11 Å². The molecule has 2 rings (SSSR count). The minimum atomic E-state index is -0.204. The predicted octanol–water partition coefficient (Wildman–Crippen LogP) is 1.15. The standard InChI is InChI=1S/C12H19ClN4O2/c1-3-14-12-15-4-10(13)11(16-12)17-5-9(6-18)19-7-8(17)2/h4,8-9,18H,3,5-7H2,1-2H3,(H,14,15,16). The fourth-order valence-corrected chi connectivity index (χ4v) is 2.23. The first-order chi connectivity index (χ1) is 9.15. The number of nitrogens with zero attached hydrogens (tertiary/aromatic N) is 3. The number of aliphatic hydroxyl groups is 1. The lowest BCUT2D eigenvalue weighted by molar-refractivity contribution is -0.0105. The van der Waals surface area contributed by atoms with E-state index in [1.165, 1.54) is 0 Å². The van der Waals surface area contributed by atoms with E-state index in [0.29, 0.717) is 29.9 Å². The van der Waals surface area contributed by atoms with Crippen molar-refractivity contribution in [2.75, 3.05) is 36.5 Å². The van der Waals surface area contributed by atoms with Crippen LogP contribution in [0.4, 0.5) is 11.8 Å². The van der Waals surface area contributed by atoms with Crippen LogP contribution in [0.5, 0.6) is 0 Å². The second kappa shape index (κ2) is 6.36. The normalized spacial score (nSPS) is 23.5. The van der Waals surface area contributed by atoms with Crippen molar-refractivity contribution < 1.29 is 9.84 Å². The van der Waals surface area contributed by atoms with Crippen molar-refractivity contribution in [2.45, 2.75) is 26.0 Å². The van der Waals surface area contributed by atoms with Gasteiger partial charge in [0.25, 0.3) is 0 Å². The molecule has 2 atom stereocenters. The SMILES string of the molecule is CCNc1ncc(Cl)c(N2CC(CO)OCC2C)n1. The van der Waals surface area contributed by atoms with Crippen LogP contribution in [0.1, 0.15) is 13.8 Å². The third-order valence-electron chi connectivity index (χ3n) is 3.04. The Morgan fingerprint density at radius 3 is 3.11 bits per heavy atom. The Morgan fingerprint density at radius 2 is 2.42 bits per heavy atom. The summed E-state index contributed by atoms with van der Waals surface area (Å²) in [6.45, 7) is 5.88. The molecule has 1 aliphatic heterocycles. The summed E-state index contributed by atoms with van der Waals surface area (Å²) in [6, 6.07) is 0.157. The maximum absolute atomic E-state index is 9.22. The Morgan fingerprint density at radius 1 is 1.63 bits per heavy atom. The van der Waals surface area contributed by atoms with Gasteiger partial charge in [0, 0.05) is 13.1 Å². The first-order valence-corrected chi connectivity index (χ1v) is 6.79. The maximum atomic E-state index is 9.22. The van der Waals surface area contributed by atoms with E-state index in [-0.39, 0.29) is 18.8 Å². The van der Waals surface area contributed by atoms with Gasteiger partial charge in [0.1, 0.15) is 5.02 Å². The van der Waals surface area contributed by atoms with E-state index in [2.05, 4.69) is 20.2 Å². The van der Waals surface area contributed by atoms with E-state index in [4.69, 9.17) is 16.3 Å². The van der Waals surface area contributed by atoms with Crippen LogP contribution >= 0.6 is 11.6 Å². The van der Waals surface area contributed by atoms with Crippen LogP contribution in [0, 0.1) is 0 Å². The topological polar surface area (TPSA) is 70.5 Å². The Balaban J connectivity index is 2.25. The van der Waals surface area contributed by atoms with E-state index < -0.39 is 0 Å². The predicted molar refractivity (Wildman–Crippen MR) is 74.8 cm³/mol. The van der Waals surface area contributed by atoms with Crippen LogP contribution in [-0.2, 0) is 4.74 Å². The van der Waals surface area contributed by atoms with E-state index in [0.717, 1.165) is 6.54 Å². The van der Waals surface area contributed by atoms with Crippen molar-refractivity contribution in [1.82, 2.24) is 9.97 Å². The Bertz CT molecular complexity index is 432. The van der Waals surface area contributed by atoms with Gasteiger partial charge in [0.2, 0.25) is 5.95 Å². The van der Waals surface area contributed by atoms with Gasteiger partial charge < -0.3 is 20.1 Å². The zero-order valence-electron chi connectivity index (χ0n) is 11.1. The number of aliphatic hydroxyl groups excluding tert-OH is 1. The molecule has 0 radical (unpaired) electrons. The van der Waals surface area contributed by atoms with Gasteiger partial charge in [-0.2, -0.15) is 4.98 Å². The molecule has 19 heavy (non-hydrogen) atoms. The minimum Gasteiger partial charge on any atom is -0.394 e. The molecular formula is C12H19ClN4O2. The summed E-state index contributed by atoms with van der Waals surface area (Å²) in [4.78, 5) is 10.6. The molecule has 1 aromatic rings. The highest BCUT2D eigenvalue weighted by Gasteiger charge is 2.28. The van der Waals surface area contributed by atoms with Gasteiger partial charge >= 0.3 is 0 Å². The molecule has 0 aliphatic carbocycles. The quantitative estimate of drug-likeness (QED) is 0.865. The summed E-state index contributed by atoms with van der Waals surface area (Å²) < 4.78 is 5.51. The van der Waals surface area contributed by atoms with Crippen LogP contribution in [0.25, 0.3) is 0 Å². The fraction of sp³-hybridized carbons (Fsp3) is 0.667. The molecule has 2 unspecified atom stereocenters. The maximum Gasteiger partial charge on any atom is 0.224 e. The van der Waals surface area contributed by atoms with Gasteiger partial charge in [-0.25, -0.2) is 4.98 Å². The Hall–Kier alpha value is -1.11. The fourth-order valence-electron chi connectivity index (χ4n) is 2.03. The first kappa shape index (κ1) is 14.3. The third-order valence-corrected chi connectivity index (χ3v) is 3.31.